The Morgan fingerprint density at radius 2 is 1.58 bits per heavy atom. The highest BCUT2D eigenvalue weighted by Crippen LogP contribution is 2.26. The molecule has 0 spiro atoms. The summed E-state index contributed by atoms with van der Waals surface area (Å²) in [6, 6.07) is 15.8. The molecule has 26 heavy (non-hydrogen) atoms. The third-order valence-corrected chi connectivity index (χ3v) is 4.66. The zero-order valence-corrected chi connectivity index (χ0v) is 15.1. The summed E-state index contributed by atoms with van der Waals surface area (Å²) >= 11 is 0. The minimum absolute atomic E-state index is 0.0832. The van der Waals surface area contributed by atoms with Gasteiger partial charge in [-0.05, 0) is 36.6 Å². The highest BCUT2D eigenvalue weighted by molar-refractivity contribution is 5.95. The maximum Gasteiger partial charge on any atom is 0.227 e. The topological polar surface area (TPSA) is 37.4 Å². The van der Waals surface area contributed by atoms with E-state index in [1.807, 2.05) is 60.4 Å². The molecule has 0 aromatic heterocycles. The van der Waals surface area contributed by atoms with Gasteiger partial charge in [0.1, 0.15) is 5.78 Å². The number of benzene rings is 2. The number of para-hydroxylation sites is 1. The Balaban J connectivity index is 1.81. The smallest absolute Gasteiger partial charge is 0.227 e. The number of carbonyl (C=O) groups is 2. The molecule has 0 saturated heterocycles. The average molecular weight is 345 g/mol. The molecule has 1 heterocycles. The minimum atomic E-state index is 0.0832. The predicted octanol–water partition coefficient (Wildman–Crippen LogP) is 4.47. The van der Waals surface area contributed by atoms with Crippen LogP contribution < -0.4 is 4.90 Å². The first-order valence-corrected chi connectivity index (χ1v) is 9.20. The molecule has 3 rings (SSSR count). The third kappa shape index (κ3) is 4.21. The Labute approximate surface area is 155 Å². The molecule has 3 nitrogen and oxygen atoms in total. The first kappa shape index (κ1) is 17.9. The number of Topliss-reactive ketones (excluding diaryl/α,β-unsaturated/α-hetero) is 1. The van der Waals surface area contributed by atoms with E-state index in [0.717, 1.165) is 35.2 Å². The largest absolute Gasteiger partial charge is 0.307 e. The average Bonchev–Trinajstić information content (AvgIpc) is 2.66. The molecule has 0 N–H and O–H groups in total. The molecule has 0 aliphatic carbocycles. The fraction of sp³-hybridized carbons (Fsp3) is 0.304. The lowest BCUT2D eigenvalue weighted by atomic mass is 10.0. The lowest BCUT2D eigenvalue weighted by Gasteiger charge is -2.26. The Kier molecular flexibility index (Phi) is 5.86. The van der Waals surface area contributed by atoms with Crippen LogP contribution in [-0.2, 0) is 16.1 Å². The quantitative estimate of drug-likeness (QED) is 0.572. The summed E-state index contributed by atoms with van der Waals surface area (Å²) < 4.78 is 0. The molecule has 0 bridgehead atoms. The molecule has 1 aliphatic heterocycles. The zero-order valence-electron chi connectivity index (χ0n) is 15.1. The van der Waals surface area contributed by atoms with E-state index in [1.54, 1.807) is 0 Å². The summed E-state index contributed by atoms with van der Waals surface area (Å²) in [5.41, 5.74) is 3.76. The lowest BCUT2D eigenvalue weighted by Crippen LogP contribution is -2.31. The molecule has 1 amide bonds. The molecule has 2 aromatic carbocycles. The van der Waals surface area contributed by atoms with Crippen LogP contribution in [0.25, 0.3) is 0 Å². The summed E-state index contributed by atoms with van der Waals surface area (Å²) in [6.45, 7) is 2.40. The predicted molar refractivity (Wildman–Crippen MR) is 104 cm³/mol. The number of fused-ring (bicyclic) bond motifs is 2. The fourth-order valence-corrected chi connectivity index (χ4v) is 3.12. The van der Waals surface area contributed by atoms with Gasteiger partial charge in [-0.1, -0.05) is 49.1 Å². The number of hydrogen-bond donors (Lipinski definition) is 0. The molecule has 1 aliphatic rings. The number of unbranched alkanes of at least 4 members (excludes halogenated alkanes) is 1. The van der Waals surface area contributed by atoms with Gasteiger partial charge in [-0.3, -0.25) is 9.59 Å². The second kappa shape index (κ2) is 8.49. The molecule has 0 fully saturated rings. The Hall–Kier alpha value is -2.86. The Morgan fingerprint density at radius 1 is 0.923 bits per heavy atom. The second-order valence-corrected chi connectivity index (χ2v) is 6.50. The monoisotopic (exact) mass is 345 g/mol. The maximum atomic E-state index is 12.9. The Morgan fingerprint density at radius 3 is 2.38 bits per heavy atom. The van der Waals surface area contributed by atoms with Crippen molar-refractivity contribution < 1.29 is 9.59 Å². The van der Waals surface area contributed by atoms with Gasteiger partial charge in [0.25, 0.3) is 0 Å². The number of nitrogens with zero attached hydrogens (tertiary/aromatic N) is 1. The van der Waals surface area contributed by atoms with E-state index in [1.165, 1.54) is 0 Å². The molecule has 0 radical (unpaired) electrons. The number of rotatable bonds is 6. The highest BCUT2D eigenvalue weighted by atomic mass is 16.2. The molecular weight excluding hydrogens is 322 g/mol. The van der Waals surface area contributed by atoms with Gasteiger partial charge < -0.3 is 4.90 Å². The van der Waals surface area contributed by atoms with Gasteiger partial charge in [-0.15, -0.1) is 0 Å². The van der Waals surface area contributed by atoms with Crippen molar-refractivity contribution in [2.75, 3.05) is 4.90 Å². The van der Waals surface area contributed by atoms with E-state index >= 15 is 0 Å². The maximum absolute atomic E-state index is 12.9. The molecule has 0 atom stereocenters. The van der Waals surface area contributed by atoms with Gasteiger partial charge in [0, 0.05) is 30.4 Å². The number of anilines is 1. The third-order valence-electron chi connectivity index (χ3n) is 4.66. The summed E-state index contributed by atoms with van der Waals surface area (Å²) in [6.07, 6.45) is 3.08. The van der Waals surface area contributed by atoms with Crippen molar-refractivity contribution in [1.29, 1.82) is 0 Å². The van der Waals surface area contributed by atoms with Crippen LogP contribution in [0.5, 0.6) is 0 Å². The van der Waals surface area contributed by atoms with E-state index in [-0.39, 0.29) is 11.7 Å². The van der Waals surface area contributed by atoms with Gasteiger partial charge in [-0.25, -0.2) is 0 Å². The van der Waals surface area contributed by atoms with Gasteiger partial charge in [-0.2, -0.15) is 0 Å². The molecule has 0 saturated carbocycles. The van der Waals surface area contributed by atoms with Crippen molar-refractivity contribution in [1.82, 2.24) is 0 Å². The normalized spacial score (nSPS) is 12.1. The summed E-state index contributed by atoms with van der Waals surface area (Å²) in [4.78, 5) is 26.2. The Bertz CT molecular complexity index is 873. The van der Waals surface area contributed by atoms with Crippen LogP contribution in [0.2, 0.25) is 0 Å². The van der Waals surface area contributed by atoms with Crippen molar-refractivity contribution in [2.24, 2.45) is 0 Å². The SMILES string of the molecule is CCC(=O)CCCCC(=O)N1Cc2ccccc2C#Cc2ccccc21. The van der Waals surface area contributed by atoms with E-state index in [4.69, 9.17) is 0 Å². The van der Waals surface area contributed by atoms with Crippen molar-refractivity contribution in [2.45, 2.75) is 45.6 Å². The molecule has 2 aromatic rings. The van der Waals surface area contributed by atoms with Crippen LogP contribution in [0.15, 0.2) is 48.5 Å². The number of carbonyl (C=O) groups excluding carboxylic acids is 2. The summed E-state index contributed by atoms with van der Waals surface area (Å²) in [5, 5.41) is 0. The first-order valence-electron chi connectivity index (χ1n) is 9.20. The van der Waals surface area contributed by atoms with Gasteiger partial charge in [0.15, 0.2) is 0 Å². The second-order valence-electron chi connectivity index (χ2n) is 6.50. The summed E-state index contributed by atoms with van der Waals surface area (Å²) in [5.74, 6) is 6.78. The van der Waals surface area contributed by atoms with Crippen molar-refractivity contribution in [3.8, 4) is 11.8 Å². The minimum Gasteiger partial charge on any atom is -0.307 e. The first-order chi connectivity index (χ1) is 12.7. The van der Waals surface area contributed by atoms with Crippen LogP contribution in [0.3, 0.4) is 0 Å². The lowest BCUT2D eigenvalue weighted by molar-refractivity contribution is -0.120. The molecule has 0 unspecified atom stereocenters. The van der Waals surface area contributed by atoms with Crippen molar-refractivity contribution >= 4 is 17.4 Å². The van der Waals surface area contributed by atoms with E-state index in [0.29, 0.717) is 25.8 Å². The fourth-order valence-electron chi connectivity index (χ4n) is 3.12. The number of hydrogen-bond acceptors (Lipinski definition) is 2. The van der Waals surface area contributed by atoms with E-state index < -0.39 is 0 Å². The van der Waals surface area contributed by atoms with E-state index in [9.17, 15) is 9.59 Å². The molecule has 3 heteroatoms. The number of amides is 1. The van der Waals surface area contributed by atoms with Gasteiger partial charge in [0.05, 0.1) is 12.2 Å². The van der Waals surface area contributed by atoms with Crippen molar-refractivity contribution in [3.05, 3.63) is 65.2 Å². The van der Waals surface area contributed by atoms with Crippen LogP contribution >= 0.6 is 0 Å². The van der Waals surface area contributed by atoms with Crippen LogP contribution in [0.1, 0.15) is 55.7 Å². The zero-order chi connectivity index (χ0) is 18.4. The van der Waals surface area contributed by atoms with Crippen molar-refractivity contribution in [3.63, 3.8) is 0 Å². The van der Waals surface area contributed by atoms with Crippen LogP contribution in [0, 0.1) is 11.8 Å². The van der Waals surface area contributed by atoms with Gasteiger partial charge in [0.2, 0.25) is 5.91 Å². The van der Waals surface area contributed by atoms with Crippen LogP contribution in [-0.4, -0.2) is 11.7 Å². The molecular formula is C23H23NO2. The molecule has 132 valence electrons. The summed E-state index contributed by atoms with van der Waals surface area (Å²) in [7, 11) is 0. The standard InChI is InChI=1S/C23H23NO2/c1-2-21(25)12-6-8-14-23(26)24-17-20-11-4-3-9-18(20)15-16-19-10-5-7-13-22(19)24/h3-5,7,9-11,13H,2,6,8,12,14,17H2,1H3. The van der Waals surface area contributed by atoms with Crippen LogP contribution in [0.4, 0.5) is 5.69 Å². The van der Waals surface area contributed by atoms with E-state index in [2.05, 4.69) is 11.8 Å². The van der Waals surface area contributed by atoms with Gasteiger partial charge >= 0.3 is 0 Å². The highest BCUT2D eigenvalue weighted by Gasteiger charge is 2.20. The number of ketones is 1.